The van der Waals surface area contributed by atoms with E-state index in [1.807, 2.05) is 30.3 Å². The average molecular weight is 389 g/mol. The Bertz CT molecular complexity index is 1020. The summed E-state index contributed by atoms with van der Waals surface area (Å²) in [5.74, 6) is -1.94. The molecule has 0 fully saturated rings. The number of fused-ring (bicyclic) bond motifs is 1. The second kappa shape index (κ2) is 7.53. The van der Waals surface area contributed by atoms with E-state index in [4.69, 9.17) is 11.6 Å². The SMILES string of the molecule is O=C(CC(c1ccccc1)C1C(=O)c2ccccc2C1=O)c1ccc(Cl)cc1. The molecule has 1 aliphatic rings. The summed E-state index contributed by atoms with van der Waals surface area (Å²) >= 11 is 5.91. The van der Waals surface area contributed by atoms with Crippen molar-refractivity contribution < 1.29 is 14.4 Å². The Labute approximate surface area is 168 Å². The molecule has 0 saturated carbocycles. The molecular formula is C24H17ClO3. The molecule has 3 aromatic rings. The molecule has 3 aromatic carbocycles. The summed E-state index contributed by atoms with van der Waals surface area (Å²) < 4.78 is 0. The minimum Gasteiger partial charge on any atom is -0.294 e. The van der Waals surface area contributed by atoms with Crippen molar-refractivity contribution in [3.63, 3.8) is 0 Å². The summed E-state index contributed by atoms with van der Waals surface area (Å²) in [6.45, 7) is 0. The van der Waals surface area contributed by atoms with Crippen molar-refractivity contribution >= 4 is 29.0 Å². The van der Waals surface area contributed by atoms with E-state index in [1.54, 1.807) is 48.5 Å². The molecule has 0 radical (unpaired) electrons. The molecule has 1 atom stereocenters. The number of ketones is 3. The second-order valence-electron chi connectivity index (χ2n) is 6.90. The zero-order chi connectivity index (χ0) is 19.7. The highest BCUT2D eigenvalue weighted by atomic mass is 35.5. The first-order valence-corrected chi connectivity index (χ1v) is 9.45. The van der Waals surface area contributed by atoms with Crippen LogP contribution in [0.15, 0.2) is 78.9 Å². The van der Waals surface area contributed by atoms with Crippen LogP contribution in [0.25, 0.3) is 0 Å². The first-order valence-electron chi connectivity index (χ1n) is 9.07. The third kappa shape index (κ3) is 3.30. The van der Waals surface area contributed by atoms with Gasteiger partial charge in [-0.3, -0.25) is 14.4 Å². The van der Waals surface area contributed by atoms with Crippen LogP contribution in [-0.4, -0.2) is 17.3 Å². The van der Waals surface area contributed by atoms with Crippen molar-refractivity contribution in [3.05, 3.63) is 106 Å². The lowest BCUT2D eigenvalue weighted by Gasteiger charge is -2.21. The quantitative estimate of drug-likeness (QED) is 0.435. The first kappa shape index (κ1) is 18.3. The molecule has 0 amide bonds. The topological polar surface area (TPSA) is 51.2 Å². The van der Waals surface area contributed by atoms with Gasteiger partial charge in [0.1, 0.15) is 0 Å². The van der Waals surface area contributed by atoms with Gasteiger partial charge in [-0.15, -0.1) is 0 Å². The van der Waals surface area contributed by atoms with E-state index in [-0.39, 0.29) is 23.8 Å². The van der Waals surface area contributed by atoms with Gasteiger partial charge in [-0.1, -0.05) is 66.2 Å². The van der Waals surface area contributed by atoms with Gasteiger partial charge in [0.05, 0.1) is 5.92 Å². The zero-order valence-corrected chi connectivity index (χ0v) is 15.7. The molecule has 4 heteroatoms. The van der Waals surface area contributed by atoms with Gasteiger partial charge in [0.15, 0.2) is 17.3 Å². The smallest absolute Gasteiger partial charge is 0.175 e. The summed E-state index contributed by atoms with van der Waals surface area (Å²) in [7, 11) is 0. The first-order chi connectivity index (χ1) is 13.6. The number of hydrogen-bond donors (Lipinski definition) is 0. The van der Waals surface area contributed by atoms with Crippen LogP contribution < -0.4 is 0 Å². The van der Waals surface area contributed by atoms with Crippen molar-refractivity contribution in [2.24, 2.45) is 5.92 Å². The Morgan fingerprint density at radius 3 is 1.89 bits per heavy atom. The van der Waals surface area contributed by atoms with Crippen LogP contribution in [0, 0.1) is 5.92 Å². The fraction of sp³-hybridized carbons (Fsp3) is 0.125. The maximum Gasteiger partial charge on any atom is 0.175 e. The van der Waals surface area contributed by atoms with Gasteiger partial charge in [-0.2, -0.15) is 0 Å². The van der Waals surface area contributed by atoms with Crippen molar-refractivity contribution in [1.29, 1.82) is 0 Å². The molecule has 0 aromatic heterocycles. The third-order valence-corrected chi connectivity index (χ3v) is 5.48. The van der Waals surface area contributed by atoms with Crippen LogP contribution in [0.4, 0.5) is 0 Å². The van der Waals surface area contributed by atoms with Crippen LogP contribution in [0.3, 0.4) is 0 Å². The molecular weight excluding hydrogens is 372 g/mol. The van der Waals surface area contributed by atoms with Gasteiger partial charge in [0, 0.05) is 34.1 Å². The number of halogens is 1. The van der Waals surface area contributed by atoms with Gasteiger partial charge >= 0.3 is 0 Å². The average Bonchev–Trinajstić information content (AvgIpc) is 2.98. The number of hydrogen-bond acceptors (Lipinski definition) is 3. The molecule has 138 valence electrons. The van der Waals surface area contributed by atoms with Crippen molar-refractivity contribution in [1.82, 2.24) is 0 Å². The molecule has 0 spiro atoms. The van der Waals surface area contributed by atoms with E-state index >= 15 is 0 Å². The maximum atomic E-state index is 13.0. The lowest BCUT2D eigenvalue weighted by atomic mass is 9.79. The van der Waals surface area contributed by atoms with E-state index in [0.29, 0.717) is 21.7 Å². The molecule has 4 rings (SSSR count). The maximum absolute atomic E-state index is 13.0. The Hall–Kier alpha value is -3.04. The monoisotopic (exact) mass is 388 g/mol. The normalized spacial score (nSPS) is 14.8. The largest absolute Gasteiger partial charge is 0.294 e. The lowest BCUT2D eigenvalue weighted by Crippen LogP contribution is -2.26. The molecule has 3 nitrogen and oxygen atoms in total. The van der Waals surface area contributed by atoms with Crippen molar-refractivity contribution in [2.45, 2.75) is 12.3 Å². The molecule has 1 aliphatic carbocycles. The van der Waals surface area contributed by atoms with E-state index in [1.165, 1.54) is 0 Å². The van der Waals surface area contributed by atoms with Gasteiger partial charge in [-0.25, -0.2) is 0 Å². The molecule has 0 N–H and O–H groups in total. The van der Waals surface area contributed by atoms with Crippen LogP contribution >= 0.6 is 11.6 Å². The molecule has 0 bridgehead atoms. The predicted octanol–water partition coefficient (Wildman–Crippen LogP) is 5.39. The minimum absolute atomic E-state index is 0.0712. The molecule has 0 saturated heterocycles. The van der Waals surface area contributed by atoms with E-state index in [0.717, 1.165) is 5.56 Å². The Morgan fingerprint density at radius 2 is 1.32 bits per heavy atom. The standard InChI is InChI=1S/C24H17ClO3/c25-17-12-10-16(11-13-17)21(26)14-20(15-6-2-1-3-7-15)22-23(27)18-8-4-5-9-19(18)24(22)28/h1-13,20,22H,14H2. The summed E-state index contributed by atoms with van der Waals surface area (Å²) in [6, 6.07) is 22.8. The summed E-state index contributed by atoms with van der Waals surface area (Å²) in [5.41, 5.74) is 2.21. The minimum atomic E-state index is -0.879. The van der Waals surface area contributed by atoms with Gasteiger partial charge in [0.2, 0.25) is 0 Å². The summed E-state index contributed by atoms with van der Waals surface area (Å²) in [5, 5.41) is 0.549. The molecule has 1 unspecified atom stereocenters. The van der Waals surface area contributed by atoms with Crippen molar-refractivity contribution in [2.75, 3.05) is 0 Å². The highest BCUT2D eigenvalue weighted by molar-refractivity contribution is 6.30. The van der Waals surface area contributed by atoms with Crippen LogP contribution in [0.2, 0.25) is 5.02 Å². The van der Waals surface area contributed by atoms with Crippen LogP contribution in [0.5, 0.6) is 0 Å². The highest BCUT2D eigenvalue weighted by Crippen LogP contribution is 2.39. The zero-order valence-electron chi connectivity index (χ0n) is 15.0. The summed E-state index contributed by atoms with van der Waals surface area (Å²) in [4.78, 5) is 39.0. The van der Waals surface area contributed by atoms with E-state index < -0.39 is 11.8 Å². The molecule has 0 heterocycles. The van der Waals surface area contributed by atoms with Gasteiger partial charge < -0.3 is 0 Å². The number of benzene rings is 3. The fourth-order valence-corrected chi connectivity index (χ4v) is 3.94. The summed E-state index contributed by atoms with van der Waals surface area (Å²) in [6.07, 6.45) is 0.0712. The number of carbonyl (C=O) groups is 3. The third-order valence-electron chi connectivity index (χ3n) is 5.22. The van der Waals surface area contributed by atoms with E-state index in [9.17, 15) is 14.4 Å². The number of carbonyl (C=O) groups excluding carboxylic acids is 3. The van der Waals surface area contributed by atoms with Gasteiger partial charge in [-0.05, 0) is 29.8 Å². The number of Topliss-reactive ketones (excluding diaryl/α,β-unsaturated/α-hetero) is 3. The Balaban J connectivity index is 1.71. The van der Waals surface area contributed by atoms with E-state index in [2.05, 4.69) is 0 Å². The lowest BCUT2D eigenvalue weighted by molar-refractivity contribution is 0.0802. The Morgan fingerprint density at radius 1 is 0.786 bits per heavy atom. The number of rotatable bonds is 5. The highest BCUT2D eigenvalue weighted by Gasteiger charge is 2.44. The fourth-order valence-electron chi connectivity index (χ4n) is 3.81. The van der Waals surface area contributed by atoms with Crippen LogP contribution in [0.1, 0.15) is 49.0 Å². The molecule has 28 heavy (non-hydrogen) atoms. The van der Waals surface area contributed by atoms with Crippen molar-refractivity contribution in [3.8, 4) is 0 Å². The molecule has 0 aliphatic heterocycles. The van der Waals surface area contributed by atoms with Crippen LogP contribution in [-0.2, 0) is 0 Å². The second-order valence-corrected chi connectivity index (χ2v) is 7.34. The predicted molar refractivity (Wildman–Crippen MR) is 108 cm³/mol. The Kier molecular flexibility index (Phi) is 4.93. The van der Waals surface area contributed by atoms with Gasteiger partial charge in [0.25, 0.3) is 0 Å².